The molecular formula is C9H9BrCl. The highest BCUT2D eigenvalue weighted by Crippen LogP contribution is 2.12. The minimum atomic E-state index is 0.618. The molecule has 0 aliphatic carbocycles. The van der Waals surface area contributed by atoms with Crippen LogP contribution in [0.5, 0.6) is 0 Å². The van der Waals surface area contributed by atoms with Crippen molar-refractivity contribution in [3.63, 3.8) is 0 Å². The minimum absolute atomic E-state index is 0.618. The van der Waals surface area contributed by atoms with Crippen molar-refractivity contribution >= 4 is 27.5 Å². The summed E-state index contributed by atoms with van der Waals surface area (Å²) in [6.07, 6.45) is 2.99. The zero-order chi connectivity index (χ0) is 8.10. The first-order valence-corrected chi connectivity index (χ1v) is 4.78. The largest absolute Gasteiger partial charge is 0.126 e. The number of hydrogen-bond acceptors (Lipinski definition) is 0. The zero-order valence-electron chi connectivity index (χ0n) is 6.06. The first-order valence-electron chi connectivity index (χ1n) is 3.45. The van der Waals surface area contributed by atoms with Crippen LogP contribution in [0.2, 0.25) is 0 Å². The van der Waals surface area contributed by atoms with Gasteiger partial charge in [0.1, 0.15) is 0 Å². The Morgan fingerprint density at radius 1 is 1.45 bits per heavy atom. The Hall–Kier alpha value is -0.0100. The van der Waals surface area contributed by atoms with Crippen molar-refractivity contribution in [1.29, 1.82) is 0 Å². The van der Waals surface area contributed by atoms with Gasteiger partial charge in [-0.05, 0) is 30.5 Å². The molecule has 0 saturated carbocycles. The van der Waals surface area contributed by atoms with Crippen molar-refractivity contribution in [2.75, 3.05) is 5.88 Å². The molecule has 0 N–H and O–H groups in total. The zero-order valence-corrected chi connectivity index (χ0v) is 8.40. The maximum Gasteiger partial charge on any atom is 0.0258 e. The summed E-state index contributed by atoms with van der Waals surface area (Å²) in [5.41, 5.74) is 1.29. The fraction of sp³-hybridized carbons (Fsp3) is 0.222. The number of benzene rings is 1. The lowest BCUT2D eigenvalue weighted by Crippen LogP contribution is -1.86. The second-order valence-electron chi connectivity index (χ2n) is 2.28. The van der Waals surface area contributed by atoms with Crippen molar-refractivity contribution in [1.82, 2.24) is 0 Å². The summed E-state index contributed by atoms with van der Waals surface area (Å²) in [7, 11) is 0. The van der Waals surface area contributed by atoms with E-state index in [-0.39, 0.29) is 0 Å². The van der Waals surface area contributed by atoms with Gasteiger partial charge in [-0.25, -0.2) is 0 Å². The molecule has 0 aromatic heterocycles. The maximum atomic E-state index is 5.52. The van der Waals surface area contributed by atoms with Gasteiger partial charge < -0.3 is 0 Å². The first kappa shape index (κ1) is 9.08. The number of hydrogen-bond donors (Lipinski definition) is 0. The van der Waals surface area contributed by atoms with Crippen LogP contribution in [-0.4, -0.2) is 5.88 Å². The SMILES string of the molecule is ClC[CH]Cc1cccc(Br)c1. The van der Waals surface area contributed by atoms with Gasteiger partial charge in [-0.2, -0.15) is 0 Å². The van der Waals surface area contributed by atoms with E-state index in [0.717, 1.165) is 10.9 Å². The molecule has 11 heavy (non-hydrogen) atoms. The third kappa shape index (κ3) is 3.26. The second-order valence-corrected chi connectivity index (χ2v) is 3.50. The van der Waals surface area contributed by atoms with E-state index >= 15 is 0 Å². The van der Waals surface area contributed by atoms with E-state index in [0.29, 0.717) is 5.88 Å². The number of rotatable bonds is 3. The molecule has 0 heterocycles. The fourth-order valence-corrected chi connectivity index (χ4v) is 1.44. The van der Waals surface area contributed by atoms with Gasteiger partial charge in [-0.1, -0.05) is 28.1 Å². The van der Waals surface area contributed by atoms with Gasteiger partial charge >= 0.3 is 0 Å². The molecule has 0 nitrogen and oxygen atoms in total. The standard InChI is InChI=1S/C9H9BrCl/c10-9-5-1-3-8(7-9)4-2-6-11/h1-3,5,7H,4,6H2. The van der Waals surface area contributed by atoms with E-state index in [9.17, 15) is 0 Å². The molecule has 0 atom stereocenters. The molecule has 1 aromatic carbocycles. The summed E-state index contributed by atoms with van der Waals surface area (Å²) in [5.74, 6) is 0.618. The summed E-state index contributed by atoms with van der Waals surface area (Å²) >= 11 is 8.93. The third-order valence-corrected chi connectivity index (χ3v) is 2.09. The van der Waals surface area contributed by atoms with Crippen LogP contribution in [0, 0.1) is 6.42 Å². The van der Waals surface area contributed by atoms with E-state index in [1.165, 1.54) is 5.56 Å². The van der Waals surface area contributed by atoms with Gasteiger partial charge in [0.15, 0.2) is 0 Å². The van der Waals surface area contributed by atoms with Crippen LogP contribution >= 0.6 is 27.5 Å². The lowest BCUT2D eigenvalue weighted by molar-refractivity contribution is 1.14. The van der Waals surface area contributed by atoms with E-state index < -0.39 is 0 Å². The van der Waals surface area contributed by atoms with Crippen molar-refractivity contribution in [3.05, 3.63) is 40.7 Å². The van der Waals surface area contributed by atoms with Gasteiger partial charge in [-0.3, -0.25) is 0 Å². The summed E-state index contributed by atoms with van der Waals surface area (Å²) < 4.78 is 1.12. The predicted octanol–water partition coefficient (Wildman–Crippen LogP) is 3.43. The monoisotopic (exact) mass is 231 g/mol. The predicted molar refractivity (Wildman–Crippen MR) is 52.9 cm³/mol. The van der Waals surface area contributed by atoms with Gasteiger partial charge in [0.05, 0.1) is 0 Å². The third-order valence-electron chi connectivity index (χ3n) is 1.38. The topological polar surface area (TPSA) is 0 Å². The molecule has 2 heteroatoms. The lowest BCUT2D eigenvalue weighted by Gasteiger charge is -1.98. The molecule has 0 saturated heterocycles. The quantitative estimate of drug-likeness (QED) is 0.701. The average molecular weight is 233 g/mol. The summed E-state index contributed by atoms with van der Waals surface area (Å²) in [6, 6.07) is 8.24. The normalized spacial score (nSPS) is 10.0. The molecule has 0 amide bonds. The Balaban J connectivity index is 2.56. The van der Waals surface area contributed by atoms with Crippen LogP contribution in [0.4, 0.5) is 0 Å². The average Bonchev–Trinajstić information content (AvgIpc) is 2.01. The summed E-state index contributed by atoms with van der Waals surface area (Å²) in [5, 5.41) is 0. The molecule has 1 rings (SSSR count). The Kier molecular flexibility index (Phi) is 3.95. The van der Waals surface area contributed by atoms with Gasteiger partial charge in [0.2, 0.25) is 0 Å². The van der Waals surface area contributed by atoms with E-state index in [1.54, 1.807) is 0 Å². The van der Waals surface area contributed by atoms with Gasteiger partial charge in [-0.15, -0.1) is 11.6 Å². The summed E-state index contributed by atoms with van der Waals surface area (Å²) in [4.78, 5) is 0. The van der Waals surface area contributed by atoms with Gasteiger partial charge in [0, 0.05) is 10.4 Å². The van der Waals surface area contributed by atoms with E-state index in [1.807, 2.05) is 18.6 Å². The molecule has 0 spiro atoms. The summed E-state index contributed by atoms with van der Waals surface area (Å²) in [6.45, 7) is 0. The highest BCUT2D eigenvalue weighted by atomic mass is 79.9. The van der Waals surface area contributed by atoms with Crippen LogP contribution < -0.4 is 0 Å². The fourth-order valence-electron chi connectivity index (χ4n) is 0.885. The highest BCUT2D eigenvalue weighted by Gasteiger charge is 1.92. The van der Waals surface area contributed by atoms with Crippen LogP contribution in [0.15, 0.2) is 28.7 Å². The van der Waals surface area contributed by atoms with Crippen molar-refractivity contribution in [3.8, 4) is 0 Å². The van der Waals surface area contributed by atoms with E-state index in [4.69, 9.17) is 11.6 Å². The maximum absolute atomic E-state index is 5.52. The van der Waals surface area contributed by atoms with Crippen LogP contribution in [-0.2, 0) is 6.42 Å². The smallest absolute Gasteiger partial charge is 0.0258 e. The molecule has 0 aliphatic rings. The van der Waals surface area contributed by atoms with Crippen molar-refractivity contribution in [2.24, 2.45) is 0 Å². The molecule has 1 aromatic rings. The molecule has 1 radical (unpaired) electrons. The van der Waals surface area contributed by atoms with Crippen molar-refractivity contribution in [2.45, 2.75) is 6.42 Å². The number of alkyl halides is 1. The molecular weight excluding hydrogens is 223 g/mol. The number of halogens is 2. The minimum Gasteiger partial charge on any atom is -0.126 e. The van der Waals surface area contributed by atoms with Crippen LogP contribution in [0.1, 0.15) is 5.56 Å². The molecule has 0 unspecified atom stereocenters. The Morgan fingerprint density at radius 3 is 2.91 bits per heavy atom. The van der Waals surface area contributed by atoms with Crippen LogP contribution in [0.3, 0.4) is 0 Å². The van der Waals surface area contributed by atoms with Crippen LogP contribution in [0.25, 0.3) is 0 Å². The molecule has 59 valence electrons. The van der Waals surface area contributed by atoms with E-state index in [2.05, 4.69) is 28.1 Å². The lowest BCUT2D eigenvalue weighted by atomic mass is 10.1. The molecule has 0 fully saturated rings. The second kappa shape index (κ2) is 4.78. The van der Waals surface area contributed by atoms with Gasteiger partial charge in [0.25, 0.3) is 0 Å². The Morgan fingerprint density at radius 2 is 2.27 bits per heavy atom. The first-order chi connectivity index (χ1) is 5.33. The highest BCUT2D eigenvalue weighted by molar-refractivity contribution is 9.10. The molecule has 0 bridgehead atoms. The van der Waals surface area contributed by atoms with Crippen molar-refractivity contribution < 1.29 is 0 Å². The molecule has 0 aliphatic heterocycles. The Labute approximate surface area is 80.7 Å². The Bertz CT molecular complexity index is 223.